The van der Waals surface area contributed by atoms with Gasteiger partial charge in [0.05, 0.1) is 11.0 Å². The first-order chi connectivity index (χ1) is 13.1. The van der Waals surface area contributed by atoms with E-state index in [9.17, 15) is 9.59 Å². The molecular weight excluding hydrogens is 340 g/mol. The number of carbonyl (C=O) groups is 2. The van der Waals surface area contributed by atoms with Crippen molar-refractivity contribution >= 4 is 22.6 Å². The Kier molecular flexibility index (Phi) is 3.76. The van der Waals surface area contributed by atoms with Crippen LogP contribution in [-0.4, -0.2) is 48.4 Å². The van der Waals surface area contributed by atoms with Gasteiger partial charge in [-0.25, -0.2) is 4.79 Å². The van der Waals surface area contributed by atoms with Gasteiger partial charge < -0.3 is 9.64 Å². The third kappa shape index (κ3) is 2.56. The first kappa shape index (κ1) is 16.8. The predicted octanol–water partition coefficient (Wildman–Crippen LogP) is 2.95. The average molecular weight is 364 g/mol. The van der Waals surface area contributed by atoms with Crippen molar-refractivity contribution in [3.63, 3.8) is 0 Å². The van der Waals surface area contributed by atoms with Crippen LogP contribution in [0.4, 0.5) is 0 Å². The fourth-order valence-electron chi connectivity index (χ4n) is 5.17. The molecule has 0 radical (unpaired) electrons. The van der Waals surface area contributed by atoms with Gasteiger partial charge in [-0.05, 0) is 48.4 Å². The van der Waals surface area contributed by atoms with Crippen LogP contribution in [0, 0.1) is 5.41 Å². The molecule has 1 spiro atoms. The van der Waals surface area contributed by atoms with Crippen molar-refractivity contribution in [1.82, 2.24) is 9.80 Å². The topological polar surface area (TPSA) is 49.9 Å². The summed E-state index contributed by atoms with van der Waals surface area (Å²) >= 11 is 0. The monoisotopic (exact) mass is 364 g/mol. The summed E-state index contributed by atoms with van der Waals surface area (Å²) in [7, 11) is 1.93. The molecule has 2 aromatic rings. The maximum absolute atomic E-state index is 12.8. The van der Waals surface area contributed by atoms with Gasteiger partial charge in [-0.2, -0.15) is 0 Å². The van der Waals surface area contributed by atoms with E-state index in [4.69, 9.17) is 4.74 Å². The van der Waals surface area contributed by atoms with Gasteiger partial charge in [0.1, 0.15) is 6.61 Å². The average Bonchev–Trinajstić information content (AvgIpc) is 3.08. The quantitative estimate of drug-likeness (QED) is 0.769. The number of nitrogens with zero attached hydrogens (tertiary/aromatic N) is 2. The normalized spacial score (nSPS) is 25.4. The maximum atomic E-state index is 12.8. The summed E-state index contributed by atoms with van der Waals surface area (Å²) in [6.07, 6.45) is 3.05. The summed E-state index contributed by atoms with van der Waals surface area (Å²) in [6.45, 7) is 3.82. The Morgan fingerprint density at radius 1 is 1.11 bits per heavy atom. The van der Waals surface area contributed by atoms with Crippen molar-refractivity contribution in [2.75, 3.05) is 26.7 Å². The van der Waals surface area contributed by atoms with Crippen molar-refractivity contribution in [2.24, 2.45) is 5.41 Å². The second-order valence-electron chi connectivity index (χ2n) is 8.26. The van der Waals surface area contributed by atoms with Crippen LogP contribution in [0.5, 0.6) is 0 Å². The van der Waals surface area contributed by atoms with Gasteiger partial charge >= 0.3 is 5.97 Å². The molecule has 5 nitrogen and oxygen atoms in total. The Bertz CT molecular complexity index is 954. The molecule has 5 rings (SSSR count). The molecule has 2 saturated heterocycles. The van der Waals surface area contributed by atoms with E-state index in [1.807, 2.05) is 24.1 Å². The van der Waals surface area contributed by atoms with E-state index < -0.39 is 0 Å². The van der Waals surface area contributed by atoms with Gasteiger partial charge in [0, 0.05) is 32.1 Å². The van der Waals surface area contributed by atoms with Crippen LogP contribution in [-0.2, 0) is 22.7 Å². The Hall–Kier alpha value is -2.40. The van der Waals surface area contributed by atoms with Crippen LogP contribution in [0.3, 0.4) is 0 Å². The highest BCUT2D eigenvalue weighted by Crippen LogP contribution is 2.40. The first-order valence-electron chi connectivity index (χ1n) is 9.76. The van der Waals surface area contributed by atoms with Crippen molar-refractivity contribution < 1.29 is 14.3 Å². The summed E-state index contributed by atoms with van der Waals surface area (Å²) in [5.74, 6) is 0.0807. The number of hydrogen-bond acceptors (Lipinski definition) is 4. The smallest absolute Gasteiger partial charge is 0.339 e. The lowest BCUT2D eigenvalue weighted by molar-refractivity contribution is -0.143. The lowest BCUT2D eigenvalue weighted by Crippen LogP contribution is -2.48. The molecule has 0 bridgehead atoms. The van der Waals surface area contributed by atoms with E-state index in [1.54, 1.807) is 0 Å². The number of piperidine rings is 1. The number of carbonyl (C=O) groups excluding carboxylic acids is 2. The van der Waals surface area contributed by atoms with Crippen LogP contribution >= 0.6 is 0 Å². The molecule has 1 unspecified atom stereocenters. The zero-order valence-electron chi connectivity index (χ0n) is 15.7. The molecule has 27 heavy (non-hydrogen) atoms. The molecule has 2 aromatic carbocycles. The highest BCUT2D eigenvalue weighted by molar-refractivity contribution is 6.08. The lowest BCUT2D eigenvalue weighted by atomic mass is 9.78. The molecule has 3 aliphatic rings. The Labute approximate surface area is 158 Å². The highest BCUT2D eigenvalue weighted by atomic mass is 16.5. The largest absolute Gasteiger partial charge is 0.457 e. The summed E-state index contributed by atoms with van der Waals surface area (Å²) in [5.41, 5.74) is 2.77. The molecule has 3 heterocycles. The molecule has 0 aliphatic carbocycles. The third-order valence-corrected chi connectivity index (χ3v) is 6.57. The maximum Gasteiger partial charge on any atom is 0.339 e. The summed E-state index contributed by atoms with van der Waals surface area (Å²) in [4.78, 5) is 29.2. The van der Waals surface area contributed by atoms with Crippen LogP contribution < -0.4 is 0 Å². The summed E-state index contributed by atoms with van der Waals surface area (Å²) < 4.78 is 5.27. The van der Waals surface area contributed by atoms with Crippen molar-refractivity contribution in [2.45, 2.75) is 32.4 Å². The Balaban J connectivity index is 1.45. The zero-order valence-corrected chi connectivity index (χ0v) is 15.7. The minimum absolute atomic E-state index is 0.191. The Morgan fingerprint density at radius 3 is 2.89 bits per heavy atom. The van der Waals surface area contributed by atoms with Crippen LogP contribution in [0.1, 0.15) is 40.7 Å². The van der Waals surface area contributed by atoms with Gasteiger partial charge in [-0.15, -0.1) is 0 Å². The molecule has 1 amide bonds. The number of cyclic esters (lactones) is 1. The Morgan fingerprint density at radius 2 is 2.00 bits per heavy atom. The van der Waals surface area contributed by atoms with Gasteiger partial charge in [0.25, 0.3) is 0 Å². The fourth-order valence-corrected chi connectivity index (χ4v) is 5.17. The second kappa shape index (κ2) is 6.06. The number of esters is 1. The fraction of sp³-hybridized carbons (Fsp3) is 0.455. The molecule has 140 valence electrons. The van der Waals surface area contributed by atoms with Crippen LogP contribution in [0.25, 0.3) is 10.8 Å². The molecule has 5 heteroatoms. The van der Waals surface area contributed by atoms with Gasteiger partial charge in [-0.3, -0.25) is 9.69 Å². The van der Waals surface area contributed by atoms with Gasteiger partial charge in [0.15, 0.2) is 0 Å². The predicted molar refractivity (Wildman–Crippen MR) is 102 cm³/mol. The first-order valence-corrected chi connectivity index (χ1v) is 9.76. The van der Waals surface area contributed by atoms with E-state index in [-0.39, 0.29) is 11.4 Å². The van der Waals surface area contributed by atoms with Gasteiger partial charge in [0.2, 0.25) is 5.91 Å². The summed E-state index contributed by atoms with van der Waals surface area (Å²) in [6, 6.07) is 10.1. The standard InChI is InChI=1S/C22H24N2O3/c1-23-10-3-8-22(21(23)26)9-11-24(14-22)12-15-6-7-16-13-27-20(25)18-5-2-4-17(15)19(16)18/h2,4-7H,3,8-14H2,1H3. The number of amides is 1. The molecule has 1 atom stereocenters. The van der Waals surface area contributed by atoms with E-state index >= 15 is 0 Å². The van der Waals surface area contributed by atoms with Crippen molar-refractivity contribution in [3.8, 4) is 0 Å². The number of rotatable bonds is 2. The van der Waals surface area contributed by atoms with Crippen LogP contribution in [0.15, 0.2) is 30.3 Å². The van der Waals surface area contributed by atoms with Crippen LogP contribution in [0.2, 0.25) is 0 Å². The van der Waals surface area contributed by atoms with E-state index in [0.717, 1.165) is 61.8 Å². The minimum Gasteiger partial charge on any atom is -0.457 e. The lowest BCUT2D eigenvalue weighted by Gasteiger charge is -2.37. The molecule has 0 saturated carbocycles. The third-order valence-electron chi connectivity index (χ3n) is 6.57. The number of likely N-dealkylation sites (tertiary alicyclic amines) is 2. The summed E-state index contributed by atoms with van der Waals surface area (Å²) in [5, 5.41) is 2.17. The molecule has 0 aromatic heterocycles. The highest BCUT2D eigenvalue weighted by Gasteiger charge is 2.47. The van der Waals surface area contributed by atoms with E-state index in [0.29, 0.717) is 18.1 Å². The second-order valence-corrected chi connectivity index (χ2v) is 8.26. The van der Waals surface area contributed by atoms with E-state index in [1.165, 1.54) is 5.56 Å². The van der Waals surface area contributed by atoms with E-state index in [2.05, 4.69) is 23.1 Å². The molecule has 2 fully saturated rings. The minimum atomic E-state index is -0.235. The molecular formula is C22H24N2O3. The zero-order chi connectivity index (χ0) is 18.6. The molecule has 3 aliphatic heterocycles. The number of hydrogen-bond donors (Lipinski definition) is 0. The molecule has 0 N–H and O–H groups in total. The van der Waals surface area contributed by atoms with Gasteiger partial charge in [-0.1, -0.05) is 24.3 Å². The number of ether oxygens (including phenoxy) is 1. The van der Waals surface area contributed by atoms with Crippen molar-refractivity contribution in [1.29, 1.82) is 0 Å². The number of benzene rings is 2. The SMILES string of the molecule is CN1CCCC2(CCN(Cc3ccc4c5c(cccc35)C(=O)OC4)C2)C1=O. The van der Waals surface area contributed by atoms with Crippen molar-refractivity contribution in [3.05, 3.63) is 47.0 Å².